The Kier molecular flexibility index (Phi) is 5.88. The van der Waals surface area contributed by atoms with E-state index in [4.69, 9.17) is 0 Å². The molecule has 4 heteroatoms. The van der Waals surface area contributed by atoms with Gasteiger partial charge in [0.1, 0.15) is 11.9 Å². The Bertz CT molecular complexity index is 656. The van der Waals surface area contributed by atoms with Crippen molar-refractivity contribution in [2.75, 3.05) is 11.9 Å². The van der Waals surface area contributed by atoms with Gasteiger partial charge in [-0.15, -0.1) is 0 Å². The van der Waals surface area contributed by atoms with Gasteiger partial charge in [-0.25, -0.2) is 4.39 Å². The Morgan fingerprint density at radius 1 is 1.17 bits per heavy atom. The Morgan fingerprint density at radius 2 is 1.87 bits per heavy atom. The molecule has 1 amide bonds. The summed E-state index contributed by atoms with van der Waals surface area (Å²) in [7, 11) is 0. The number of nitrogens with two attached hydrogens (primary N) is 1. The zero-order valence-electron chi connectivity index (χ0n) is 13.8. The number of carbonyl (C=O) groups is 1. The highest BCUT2D eigenvalue weighted by molar-refractivity contribution is 5.91. The van der Waals surface area contributed by atoms with Crippen LogP contribution in [0.25, 0.3) is 0 Å². The van der Waals surface area contributed by atoms with Crippen LogP contribution in [0.2, 0.25) is 0 Å². The lowest BCUT2D eigenvalue weighted by molar-refractivity contribution is -0.692. The van der Waals surface area contributed by atoms with Crippen LogP contribution >= 0.6 is 0 Å². The zero-order valence-corrected chi connectivity index (χ0v) is 13.8. The summed E-state index contributed by atoms with van der Waals surface area (Å²) < 4.78 is 13.8. The Hall–Kier alpha value is -2.20. The van der Waals surface area contributed by atoms with E-state index < -0.39 is 5.82 Å². The third-order valence-corrected chi connectivity index (χ3v) is 3.86. The molecule has 0 spiro atoms. The Balaban J connectivity index is 1.97. The normalized spacial score (nSPS) is 12.2. The number of benzene rings is 2. The van der Waals surface area contributed by atoms with Gasteiger partial charge in [0.15, 0.2) is 6.54 Å². The van der Waals surface area contributed by atoms with Crippen molar-refractivity contribution in [2.45, 2.75) is 26.8 Å². The molecule has 0 aliphatic rings. The molecule has 0 aromatic heterocycles. The van der Waals surface area contributed by atoms with Gasteiger partial charge in [-0.1, -0.05) is 50.2 Å². The fourth-order valence-electron chi connectivity index (χ4n) is 2.63. The van der Waals surface area contributed by atoms with Gasteiger partial charge in [0.2, 0.25) is 0 Å². The first-order valence-electron chi connectivity index (χ1n) is 7.91. The molecule has 122 valence electrons. The third-order valence-electron chi connectivity index (χ3n) is 3.86. The van der Waals surface area contributed by atoms with E-state index in [9.17, 15) is 9.18 Å². The first-order valence-corrected chi connectivity index (χ1v) is 7.91. The number of aryl methyl sites for hydroxylation is 1. The number of quaternary nitrogens is 1. The molecular weight excluding hydrogens is 291 g/mol. The highest BCUT2D eigenvalue weighted by Crippen LogP contribution is 2.17. The van der Waals surface area contributed by atoms with Crippen LogP contribution < -0.4 is 10.6 Å². The second-order valence-corrected chi connectivity index (χ2v) is 6.15. The van der Waals surface area contributed by atoms with E-state index in [0.29, 0.717) is 5.92 Å². The summed E-state index contributed by atoms with van der Waals surface area (Å²) in [5.41, 5.74) is 2.25. The van der Waals surface area contributed by atoms with Gasteiger partial charge in [-0.05, 0) is 24.6 Å². The van der Waals surface area contributed by atoms with E-state index in [1.807, 2.05) is 30.4 Å². The van der Waals surface area contributed by atoms with Gasteiger partial charge in [0.05, 0.1) is 5.69 Å². The molecule has 0 unspecified atom stereocenters. The lowest BCUT2D eigenvalue weighted by Gasteiger charge is -2.19. The molecular formula is C19H24FN2O+. The minimum atomic E-state index is -0.401. The van der Waals surface area contributed by atoms with Crippen molar-refractivity contribution in [1.29, 1.82) is 0 Å². The van der Waals surface area contributed by atoms with Crippen molar-refractivity contribution in [1.82, 2.24) is 0 Å². The second-order valence-electron chi connectivity index (χ2n) is 6.15. The minimum absolute atomic E-state index is 0.199. The monoisotopic (exact) mass is 315 g/mol. The van der Waals surface area contributed by atoms with Crippen molar-refractivity contribution >= 4 is 11.6 Å². The summed E-state index contributed by atoms with van der Waals surface area (Å²) in [6, 6.07) is 15.1. The minimum Gasteiger partial charge on any atom is -0.332 e. The molecule has 2 rings (SSSR count). The molecule has 0 aliphatic heterocycles. The van der Waals surface area contributed by atoms with E-state index in [2.05, 4.69) is 31.3 Å². The number of carbonyl (C=O) groups excluding carboxylic acids is 1. The highest BCUT2D eigenvalue weighted by atomic mass is 19.1. The predicted molar refractivity (Wildman–Crippen MR) is 90.6 cm³/mol. The highest BCUT2D eigenvalue weighted by Gasteiger charge is 2.20. The molecule has 0 fully saturated rings. The maximum absolute atomic E-state index is 13.8. The van der Waals surface area contributed by atoms with Crippen LogP contribution in [0.15, 0.2) is 48.5 Å². The van der Waals surface area contributed by atoms with Crippen molar-refractivity contribution in [2.24, 2.45) is 5.92 Å². The topological polar surface area (TPSA) is 45.7 Å². The van der Waals surface area contributed by atoms with Crippen LogP contribution in [0.4, 0.5) is 10.1 Å². The molecule has 3 nitrogen and oxygen atoms in total. The maximum atomic E-state index is 13.8. The smallest absolute Gasteiger partial charge is 0.279 e. The standard InChI is InChI=1S/C19H23FN2O/c1-13(2)19(15-7-5-4-6-8-15)21-12-18(23)22-17-10-9-14(3)11-16(17)20/h4-11,13,19,21H,12H2,1-3H3,(H,22,23)/p+1/t19-/m1/s1. The number of hydrogen-bond donors (Lipinski definition) is 2. The molecule has 3 N–H and O–H groups in total. The number of halogens is 1. The molecule has 0 bridgehead atoms. The molecule has 0 heterocycles. The van der Waals surface area contributed by atoms with Gasteiger partial charge in [0.25, 0.3) is 5.91 Å². The molecule has 23 heavy (non-hydrogen) atoms. The molecule has 0 aliphatic carbocycles. The summed E-state index contributed by atoms with van der Waals surface area (Å²) in [6.45, 7) is 6.33. The van der Waals surface area contributed by atoms with Crippen LogP contribution in [-0.2, 0) is 4.79 Å². The van der Waals surface area contributed by atoms with Gasteiger partial charge in [0, 0.05) is 11.5 Å². The first kappa shape index (κ1) is 17.2. The van der Waals surface area contributed by atoms with Crippen LogP contribution in [0.5, 0.6) is 0 Å². The number of rotatable bonds is 6. The SMILES string of the molecule is Cc1ccc(NC(=O)C[NH2+][C@@H](c2ccccc2)C(C)C)c(F)c1. The quantitative estimate of drug-likeness (QED) is 0.845. The molecule has 1 atom stereocenters. The van der Waals surface area contributed by atoms with Gasteiger partial charge in [-0.2, -0.15) is 0 Å². The van der Waals surface area contributed by atoms with E-state index in [0.717, 1.165) is 5.56 Å². The van der Waals surface area contributed by atoms with Crippen LogP contribution in [0.1, 0.15) is 31.0 Å². The van der Waals surface area contributed by atoms with Crippen LogP contribution in [0.3, 0.4) is 0 Å². The molecule has 0 saturated carbocycles. The van der Waals surface area contributed by atoms with E-state index in [1.165, 1.54) is 11.6 Å². The largest absolute Gasteiger partial charge is 0.332 e. The Labute approximate surface area is 136 Å². The molecule has 2 aromatic rings. The summed E-state index contributed by atoms with van der Waals surface area (Å²) in [5.74, 6) is -0.211. The third kappa shape index (κ3) is 4.89. The number of anilines is 1. The van der Waals surface area contributed by atoms with Gasteiger partial charge < -0.3 is 10.6 Å². The van der Waals surface area contributed by atoms with Crippen molar-refractivity contribution in [3.8, 4) is 0 Å². The summed E-state index contributed by atoms with van der Waals surface area (Å²) in [6.07, 6.45) is 0. The van der Waals surface area contributed by atoms with E-state index in [1.54, 1.807) is 12.1 Å². The van der Waals surface area contributed by atoms with E-state index >= 15 is 0 Å². The fourth-order valence-corrected chi connectivity index (χ4v) is 2.63. The van der Waals surface area contributed by atoms with Gasteiger partial charge in [-0.3, -0.25) is 4.79 Å². The lowest BCUT2D eigenvalue weighted by atomic mass is 9.96. The summed E-state index contributed by atoms with van der Waals surface area (Å²) in [4.78, 5) is 12.1. The van der Waals surface area contributed by atoms with E-state index in [-0.39, 0.29) is 24.2 Å². The Morgan fingerprint density at radius 3 is 2.48 bits per heavy atom. The lowest BCUT2D eigenvalue weighted by Crippen LogP contribution is -2.88. The number of amides is 1. The van der Waals surface area contributed by atoms with Crippen LogP contribution in [-0.4, -0.2) is 12.5 Å². The predicted octanol–water partition coefficient (Wildman–Crippen LogP) is 3.03. The van der Waals surface area contributed by atoms with Crippen LogP contribution in [0, 0.1) is 18.7 Å². The van der Waals surface area contributed by atoms with Crippen molar-refractivity contribution in [3.63, 3.8) is 0 Å². The van der Waals surface area contributed by atoms with Crippen molar-refractivity contribution in [3.05, 3.63) is 65.5 Å². The second kappa shape index (κ2) is 7.88. The molecule has 0 radical (unpaired) electrons. The van der Waals surface area contributed by atoms with Gasteiger partial charge >= 0.3 is 0 Å². The number of nitrogens with one attached hydrogen (secondary N) is 1. The average Bonchev–Trinajstić information content (AvgIpc) is 2.51. The first-order chi connectivity index (χ1) is 11.0. The maximum Gasteiger partial charge on any atom is 0.279 e. The summed E-state index contributed by atoms with van der Waals surface area (Å²) >= 11 is 0. The summed E-state index contributed by atoms with van der Waals surface area (Å²) in [5, 5.41) is 4.64. The molecule has 2 aromatic carbocycles. The molecule has 0 saturated heterocycles. The number of hydrogen-bond acceptors (Lipinski definition) is 1. The fraction of sp³-hybridized carbons (Fsp3) is 0.316. The van der Waals surface area contributed by atoms with Crippen molar-refractivity contribution < 1.29 is 14.5 Å². The zero-order chi connectivity index (χ0) is 16.8. The average molecular weight is 315 g/mol.